The highest BCUT2D eigenvalue weighted by atomic mass is 16.5. The maximum absolute atomic E-state index is 12.0. The van der Waals surface area contributed by atoms with E-state index in [1.807, 2.05) is 24.3 Å². The normalized spacial score (nSPS) is 10.8. The number of benzene rings is 1. The minimum absolute atomic E-state index is 0.121. The Bertz CT molecular complexity index is 698. The highest BCUT2D eigenvalue weighted by molar-refractivity contribution is 5.93. The summed E-state index contributed by atoms with van der Waals surface area (Å²) >= 11 is 0. The number of nitriles is 1. The second-order valence-corrected chi connectivity index (χ2v) is 5.00. The van der Waals surface area contributed by atoms with E-state index < -0.39 is 11.4 Å². The summed E-state index contributed by atoms with van der Waals surface area (Å²) in [6, 6.07) is 10.7. The minimum atomic E-state index is -0.966. The first-order valence-corrected chi connectivity index (χ1v) is 6.30. The number of carbonyl (C=O) groups excluding carboxylic acids is 1. The van der Waals surface area contributed by atoms with Crippen molar-refractivity contribution in [3.05, 3.63) is 36.0 Å². The molecule has 0 bridgehead atoms. The maximum atomic E-state index is 12.0. The van der Waals surface area contributed by atoms with Gasteiger partial charge in [0.25, 0.3) is 5.91 Å². The van der Waals surface area contributed by atoms with E-state index in [1.165, 1.54) is 6.07 Å². The summed E-state index contributed by atoms with van der Waals surface area (Å²) in [5.41, 5.74) is -0.0943. The molecule has 1 aromatic heterocycles. The first-order chi connectivity index (χ1) is 9.95. The van der Waals surface area contributed by atoms with E-state index in [1.54, 1.807) is 27.0 Å². The summed E-state index contributed by atoms with van der Waals surface area (Å²) in [4.78, 5) is 12.0. The number of hydrogen-bond acceptors (Lipinski definition) is 5. The van der Waals surface area contributed by atoms with Gasteiger partial charge in [0.05, 0.1) is 13.2 Å². The zero-order valence-corrected chi connectivity index (χ0v) is 12.0. The van der Waals surface area contributed by atoms with Gasteiger partial charge in [-0.1, -0.05) is 17.3 Å². The molecule has 0 fully saturated rings. The average molecular weight is 285 g/mol. The molecule has 0 spiro atoms. The number of rotatable bonds is 4. The van der Waals surface area contributed by atoms with Crippen LogP contribution in [0.15, 0.2) is 34.9 Å². The molecule has 1 heterocycles. The molecule has 0 atom stereocenters. The van der Waals surface area contributed by atoms with Crippen molar-refractivity contribution in [2.75, 3.05) is 7.11 Å². The van der Waals surface area contributed by atoms with E-state index >= 15 is 0 Å². The lowest BCUT2D eigenvalue weighted by molar-refractivity contribution is 0.0920. The number of aromatic nitrogens is 1. The number of amides is 1. The van der Waals surface area contributed by atoms with Crippen molar-refractivity contribution in [1.29, 1.82) is 5.26 Å². The molecule has 21 heavy (non-hydrogen) atoms. The number of nitrogens with zero attached hydrogens (tertiary/aromatic N) is 2. The molecule has 1 amide bonds. The van der Waals surface area contributed by atoms with Crippen molar-refractivity contribution < 1.29 is 14.1 Å². The summed E-state index contributed by atoms with van der Waals surface area (Å²) in [6.45, 7) is 3.21. The SMILES string of the molecule is COc1cccc(-c2cc(C(=O)NC(C)(C)C#N)no2)c1. The van der Waals surface area contributed by atoms with Gasteiger partial charge in [0.15, 0.2) is 11.5 Å². The van der Waals surface area contributed by atoms with Gasteiger partial charge in [-0.3, -0.25) is 4.79 Å². The maximum Gasteiger partial charge on any atom is 0.274 e. The van der Waals surface area contributed by atoms with Crippen LogP contribution < -0.4 is 10.1 Å². The molecule has 0 aliphatic rings. The molecule has 1 aromatic carbocycles. The largest absolute Gasteiger partial charge is 0.497 e. The molecule has 0 unspecified atom stereocenters. The van der Waals surface area contributed by atoms with Crippen molar-refractivity contribution in [1.82, 2.24) is 10.5 Å². The lowest BCUT2D eigenvalue weighted by atomic mass is 10.1. The number of methoxy groups -OCH3 is 1. The van der Waals surface area contributed by atoms with Crippen molar-refractivity contribution in [3.63, 3.8) is 0 Å². The van der Waals surface area contributed by atoms with Gasteiger partial charge >= 0.3 is 0 Å². The fourth-order valence-electron chi connectivity index (χ4n) is 1.67. The minimum Gasteiger partial charge on any atom is -0.497 e. The summed E-state index contributed by atoms with van der Waals surface area (Å²) in [5, 5.41) is 15.2. The molecule has 6 heteroatoms. The first-order valence-electron chi connectivity index (χ1n) is 6.30. The summed E-state index contributed by atoms with van der Waals surface area (Å²) in [7, 11) is 1.57. The molecule has 6 nitrogen and oxygen atoms in total. The Morgan fingerprint density at radius 2 is 2.19 bits per heavy atom. The molecule has 0 aliphatic carbocycles. The number of carbonyl (C=O) groups is 1. The zero-order chi connectivity index (χ0) is 15.5. The Morgan fingerprint density at radius 1 is 1.43 bits per heavy atom. The fourth-order valence-corrected chi connectivity index (χ4v) is 1.67. The zero-order valence-electron chi connectivity index (χ0n) is 12.0. The molecule has 108 valence electrons. The quantitative estimate of drug-likeness (QED) is 0.931. The van der Waals surface area contributed by atoms with Crippen LogP contribution in [0, 0.1) is 11.3 Å². The number of hydrogen-bond donors (Lipinski definition) is 1. The van der Waals surface area contributed by atoms with E-state index in [9.17, 15) is 4.79 Å². The Morgan fingerprint density at radius 3 is 2.86 bits per heavy atom. The Balaban J connectivity index is 2.22. The summed E-state index contributed by atoms with van der Waals surface area (Å²) < 4.78 is 10.3. The molecule has 0 aliphatic heterocycles. The van der Waals surface area contributed by atoms with Crippen LogP contribution >= 0.6 is 0 Å². The van der Waals surface area contributed by atoms with Gasteiger partial charge in [-0.05, 0) is 26.0 Å². The van der Waals surface area contributed by atoms with Crippen molar-refractivity contribution in [3.8, 4) is 23.1 Å². The highest BCUT2D eigenvalue weighted by Gasteiger charge is 2.22. The van der Waals surface area contributed by atoms with Crippen LogP contribution in [0.25, 0.3) is 11.3 Å². The third-order valence-corrected chi connectivity index (χ3v) is 2.80. The van der Waals surface area contributed by atoms with E-state index in [0.29, 0.717) is 11.5 Å². The van der Waals surface area contributed by atoms with Crippen LogP contribution in [0.4, 0.5) is 0 Å². The molecule has 2 aromatic rings. The number of nitrogens with one attached hydrogen (secondary N) is 1. The van der Waals surface area contributed by atoms with E-state index in [-0.39, 0.29) is 5.69 Å². The van der Waals surface area contributed by atoms with E-state index in [4.69, 9.17) is 14.5 Å². The van der Waals surface area contributed by atoms with Gasteiger partial charge in [0, 0.05) is 11.6 Å². The molecule has 0 saturated heterocycles. The van der Waals surface area contributed by atoms with Gasteiger partial charge in [-0.15, -0.1) is 0 Å². The second-order valence-electron chi connectivity index (χ2n) is 5.00. The van der Waals surface area contributed by atoms with Crippen LogP contribution in [0.5, 0.6) is 5.75 Å². The number of ether oxygens (including phenoxy) is 1. The van der Waals surface area contributed by atoms with Crippen molar-refractivity contribution >= 4 is 5.91 Å². The van der Waals surface area contributed by atoms with Crippen LogP contribution in [0.2, 0.25) is 0 Å². The van der Waals surface area contributed by atoms with Crippen LogP contribution in [0.1, 0.15) is 24.3 Å². The van der Waals surface area contributed by atoms with Gasteiger partial charge in [0.2, 0.25) is 0 Å². The predicted octanol–water partition coefficient (Wildman–Crippen LogP) is 2.38. The van der Waals surface area contributed by atoms with Crippen LogP contribution in [-0.2, 0) is 0 Å². The standard InChI is InChI=1S/C15H15N3O3/c1-15(2,9-16)17-14(19)12-8-13(21-18-12)10-5-4-6-11(7-10)20-3/h4-8H,1-3H3,(H,17,19). The molecule has 1 N–H and O–H groups in total. The smallest absolute Gasteiger partial charge is 0.274 e. The topological polar surface area (TPSA) is 88.1 Å². The van der Waals surface area contributed by atoms with Gasteiger partial charge in [-0.2, -0.15) is 5.26 Å². The molecule has 0 saturated carbocycles. The monoisotopic (exact) mass is 285 g/mol. The average Bonchev–Trinajstić information content (AvgIpc) is 2.97. The lowest BCUT2D eigenvalue weighted by Crippen LogP contribution is -2.42. The van der Waals surface area contributed by atoms with Gasteiger partial charge < -0.3 is 14.6 Å². The van der Waals surface area contributed by atoms with E-state index in [2.05, 4.69) is 10.5 Å². The van der Waals surface area contributed by atoms with Gasteiger partial charge in [-0.25, -0.2) is 0 Å². The first kappa shape index (κ1) is 14.6. The summed E-state index contributed by atoms with van der Waals surface area (Å²) in [6.07, 6.45) is 0. The lowest BCUT2D eigenvalue weighted by Gasteiger charge is -2.15. The van der Waals surface area contributed by atoms with Crippen molar-refractivity contribution in [2.24, 2.45) is 0 Å². The van der Waals surface area contributed by atoms with Gasteiger partial charge in [0.1, 0.15) is 11.3 Å². The third kappa shape index (κ3) is 3.39. The summed E-state index contributed by atoms with van der Waals surface area (Å²) in [5.74, 6) is 0.675. The second kappa shape index (κ2) is 5.67. The van der Waals surface area contributed by atoms with Crippen molar-refractivity contribution in [2.45, 2.75) is 19.4 Å². The fraction of sp³-hybridized carbons (Fsp3) is 0.267. The Labute approximate surface area is 122 Å². The molecular formula is C15H15N3O3. The predicted molar refractivity (Wildman–Crippen MR) is 75.6 cm³/mol. The Kier molecular flexibility index (Phi) is 3.94. The Hall–Kier alpha value is -2.81. The van der Waals surface area contributed by atoms with Crippen LogP contribution in [-0.4, -0.2) is 23.7 Å². The highest BCUT2D eigenvalue weighted by Crippen LogP contribution is 2.24. The molecular weight excluding hydrogens is 270 g/mol. The molecule has 2 rings (SSSR count). The van der Waals surface area contributed by atoms with E-state index in [0.717, 1.165) is 5.56 Å². The van der Waals surface area contributed by atoms with Crippen LogP contribution in [0.3, 0.4) is 0 Å². The molecule has 0 radical (unpaired) electrons. The third-order valence-electron chi connectivity index (χ3n) is 2.80.